The van der Waals surface area contributed by atoms with Crippen molar-refractivity contribution in [3.05, 3.63) is 199 Å². The van der Waals surface area contributed by atoms with E-state index in [-0.39, 0.29) is 29.0 Å². The molecule has 6 aromatic carbocycles. The summed E-state index contributed by atoms with van der Waals surface area (Å²) in [5.74, 6) is 2.43. The second-order valence-electron chi connectivity index (χ2n) is 22.3. The number of nitrogens with one attached hydrogen (secondary N) is 5. The van der Waals surface area contributed by atoms with Crippen LogP contribution < -0.4 is 58.5 Å². The van der Waals surface area contributed by atoms with E-state index in [0.29, 0.717) is 91.5 Å². The Hall–Kier alpha value is -11.1. The monoisotopic (exact) mass is 1300 g/mol. The molecule has 0 radical (unpaired) electrons. The Balaban J connectivity index is 0.000000129. The fourth-order valence-corrected chi connectivity index (χ4v) is 11.5. The summed E-state index contributed by atoms with van der Waals surface area (Å²) in [7, 11) is 0. The van der Waals surface area contributed by atoms with Crippen LogP contribution in [0.5, 0.6) is 0 Å². The second kappa shape index (κ2) is 28.4. The standard InChI is InChI=1S/C23H21ClFN7.C23H20F2N6O.C23H22FN7/c24-14-4-6-19(25)18(12-14)16-2-1-3-17-21(16)30-23(31-22(17)26)29-15-5-7-20(28-13-15)32-10-8-27-9-11-32;24-17-5-2-6-18(25)20(17)15-3-1-4-16-21(15)29-23(30-22(16)26)28-14-7-8-19(27-13-14)31-9-11-32-12-10-31;24-16-4-1-3-15(13-16)18-5-2-6-19-21(18)29-23(30-22(19)25)28-17-7-8-20(27-14-17)31-11-9-26-10-12-31/h1-7,12-13,27H,8-11H2,(H3,26,29,30,31);1-8,13H,9-12H2,(H3,26,28,29,30);1-8,13-14,26H,9-12H2,(H3,25,28,29,30). The molecule has 0 unspecified atom stereocenters. The van der Waals surface area contributed by atoms with Crippen molar-refractivity contribution in [1.82, 2.24) is 55.5 Å². The number of nitrogens with two attached hydrogens (primary N) is 3. The molecule has 480 valence electrons. The van der Waals surface area contributed by atoms with Gasteiger partial charge in [-0.1, -0.05) is 66.2 Å². The zero-order chi connectivity index (χ0) is 65.4. The van der Waals surface area contributed by atoms with Gasteiger partial charge in [0.25, 0.3) is 0 Å². The molecule has 3 aliphatic rings. The Morgan fingerprint density at radius 3 is 1.29 bits per heavy atom. The summed E-state index contributed by atoms with van der Waals surface area (Å²) in [6.45, 7) is 10.5. The molecule has 3 fully saturated rings. The number of fused-ring (bicyclic) bond motifs is 3. The minimum absolute atomic E-state index is 0.154. The zero-order valence-electron chi connectivity index (χ0n) is 51.0. The van der Waals surface area contributed by atoms with Crippen molar-refractivity contribution in [2.24, 2.45) is 0 Å². The molecule has 11 N–H and O–H groups in total. The van der Waals surface area contributed by atoms with E-state index in [4.69, 9.17) is 33.5 Å². The minimum atomic E-state index is -0.674. The molecule has 15 rings (SSSR count). The molecule has 0 saturated carbocycles. The predicted octanol–water partition coefficient (Wildman–Crippen LogP) is 11.9. The van der Waals surface area contributed by atoms with E-state index in [9.17, 15) is 17.6 Å². The highest BCUT2D eigenvalue weighted by molar-refractivity contribution is 6.31. The van der Waals surface area contributed by atoms with Crippen LogP contribution in [-0.4, -0.2) is 124 Å². The number of pyridine rings is 3. The van der Waals surface area contributed by atoms with Crippen molar-refractivity contribution >= 4 is 114 Å². The van der Waals surface area contributed by atoms with Crippen LogP contribution in [0, 0.1) is 23.3 Å². The number of rotatable bonds is 12. The van der Waals surface area contributed by atoms with Gasteiger partial charge in [0.2, 0.25) is 17.8 Å². The normalized spacial score (nSPS) is 14.0. The zero-order valence-corrected chi connectivity index (χ0v) is 51.8. The number of morpholine rings is 1. The molecular weight excluding hydrogens is 1240 g/mol. The summed E-state index contributed by atoms with van der Waals surface area (Å²) in [5.41, 5.74) is 24.9. The van der Waals surface area contributed by atoms with Gasteiger partial charge in [-0.25, -0.2) is 47.5 Å². The van der Waals surface area contributed by atoms with E-state index < -0.39 is 11.6 Å². The number of para-hydroxylation sites is 3. The van der Waals surface area contributed by atoms with Gasteiger partial charge in [0.1, 0.15) is 58.2 Å². The van der Waals surface area contributed by atoms with Crippen LogP contribution in [0.15, 0.2) is 170 Å². The van der Waals surface area contributed by atoms with Crippen molar-refractivity contribution in [2.75, 3.05) is 127 Å². The average Bonchev–Trinajstić information content (AvgIpc) is 0.795. The summed E-state index contributed by atoms with van der Waals surface area (Å²) in [6.07, 6.45) is 5.18. The molecule has 95 heavy (non-hydrogen) atoms. The second-order valence-corrected chi connectivity index (χ2v) is 22.7. The summed E-state index contributed by atoms with van der Waals surface area (Å²) in [5, 5.41) is 18.4. The van der Waals surface area contributed by atoms with Crippen LogP contribution in [0.4, 0.5) is 87.4 Å². The third-order valence-corrected chi connectivity index (χ3v) is 16.3. The molecular formula is C69H63ClF4N20O. The molecule has 0 atom stereocenters. The van der Waals surface area contributed by atoms with Gasteiger partial charge in [0, 0.05) is 109 Å². The fourth-order valence-electron chi connectivity index (χ4n) is 11.4. The molecule has 0 aliphatic carbocycles. The molecule has 0 spiro atoms. The van der Waals surface area contributed by atoms with E-state index in [1.807, 2.05) is 66.7 Å². The summed E-state index contributed by atoms with van der Waals surface area (Å²) < 4.78 is 62.6. The van der Waals surface area contributed by atoms with Crippen LogP contribution in [-0.2, 0) is 4.74 Å². The summed E-state index contributed by atoms with van der Waals surface area (Å²) >= 11 is 6.11. The molecule has 6 aromatic heterocycles. The molecule has 0 bridgehead atoms. The number of nitrogen functional groups attached to an aromatic ring is 3. The van der Waals surface area contributed by atoms with Crippen molar-refractivity contribution in [3.63, 3.8) is 0 Å². The van der Waals surface area contributed by atoms with Gasteiger partial charge in [0.05, 0.1) is 71.0 Å². The van der Waals surface area contributed by atoms with Crippen molar-refractivity contribution in [2.45, 2.75) is 0 Å². The third-order valence-electron chi connectivity index (χ3n) is 16.1. The molecule has 3 aliphatic heterocycles. The first-order valence-electron chi connectivity index (χ1n) is 30.6. The first kappa shape index (κ1) is 62.7. The first-order chi connectivity index (χ1) is 46.3. The Bertz CT molecular complexity index is 4700. The van der Waals surface area contributed by atoms with Gasteiger partial charge < -0.3 is 63.2 Å². The number of aromatic nitrogens is 9. The van der Waals surface area contributed by atoms with Crippen molar-refractivity contribution in [1.29, 1.82) is 0 Å². The highest BCUT2D eigenvalue weighted by atomic mass is 35.5. The van der Waals surface area contributed by atoms with Gasteiger partial charge in [0.15, 0.2) is 0 Å². The molecule has 26 heteroatoms. The number of hydrogen-bond acceptors (Lipinski definition) is 21. The lowest BCUT2D eigenvalue weighted by atomic mass is 10.0. The summed E-state index contributed by atoms with van der Waals surface area (Å²) in [4.78, 5) is 47.1. The number of ether oxygens (including phenoxy) is 1. The van der Waals surface area contributed by atoms with E-state index in [1.165, 1.54) is 42.5 Å². The molecule has 21 nitrogen and oxygen atoms in total. The quantitative estimate of drug-likeness (QED) is 0.0528. The topological polar surface area (TPSA) is 273 Å². The maximum Gasteiger partial charge on any atom is 0.229 e. The number of hydrogen-bond donors (Lipinski definition) is 8. The van der Waals surface area contributed by atoms with Gasteiger partial charge in [-0.05, 0) is 103 Å². The number of halogens is 5. The van der Waals surface area contributed by atoms with Crippen LogP contribution in [0.2, 0.25) is 5.02 Å². The Morgan fingerprint density at radius 1 is 0.411 bits per heavy atom. The SMILES string of the molecule is Nc1nc(Nc2ccc(N3CCNCC3)nc2)nc2c(-c3cc(Cl)ccc3F)cccc12.Nc1nc(Nc2ccc(N3CCNCC3)nc2)nc2c(-c3cccc(F)c3)cccc12.Nc1nc(Nc2ccc(N3CCOCC3)nc2)nc2c(-c3c(F)cccc3F)cccc12. The number of piperazine rings is 2. The maximum absolute atomic E-state index is 14.6. The van der Waals surface area contributed by atoms with Crippen LogP contribution in [0.25, 0.3) is 66.1 Å². The minimum Gasteiger partial charge on any atom is -0.383 e. The van der Waals surface area contributed by atoms with E-state index >= 15 is 0 Å². The first-order valence-corrected chi connectivity index (χ1v) is 31.0. The lowest BCUT2D eigenvalue weighted by Gasteiger charge is -2.28. The smallest absolute Gasteiger partial charge is 0.229 e. The Labute approximate surface area is 547 Å². The number of nitrogens with zero attached hydrogens (tertiary/aromatic N) is 12. The predicted molar refractivity (Wildman–Crippen MR) is 369 cm³/mol. The fraction of sp³-hybridized carbons (Fsp3) is 0.174. The highest BCUT2D eigenvalue weighted by Gasteiger charge is 2.21. The average molecular weight is 1300 g/mol. The van der Waals surface area contributed by atoms with E-state index in [0.717, 1.165) is 111 Å². The van der Waals surface area contributed by atoms with E-state index in [1.54, 1.807) is 61.1 Å². The Morgan fingerprint density at radius 2 is 0.832 bits per heavy atom. The molecule has 12 aromatic rings. The highest BCUT2D eigenvalue weighted by Crippen LogP contribution is 2.37. The van der Waals surface area contributed by atoms with Crippen LogP contribution in [0.1, 0.15) is 0 Å². The molecule has 3 saturated heterocycles. The van der Waals surface area contributed by atoms with Gasteiger partial charge in [-0.3, -0.25) is 0 Å². The third kappa shape index (κ3) is 14.4. The van der Waals surface area contributed by atoms with Gasteiger partial charge >= 0.3 is 0 Å². The lowest BCUT2D eigenvalue weighted by Crippen LogP contribution is -2.43. The summed E-state index contributed by atoms with van der Waals surface area (Å²) in [6, 6.07) is 42.2. The van der Waals surface area contributed by atoms with Crippen molar-refractivity contribution in [3.8, 4) is 33.4 Å². The van der Waals surface area contributed by atoms with Gasteiger partial charge in [-0.15, -0.1) is 0 Å². The molecule has 0 amide bonds. The lowest BCUT2D eigenvalue weighted by molar-refractivity contribution is 0.122. The molecule has 9 heterocycles. The number of benzene rings is 6. The van der Waals surface area contributed by atoms with E-state index in [2.05, 4.69) is 86.1 Å². The largest absolute Gasteiger partial charge is 0.383 e. The van der Waals surface area contributed by atoms with Crippen molar-refractivity contribution < 1.29 is 22.3 Å². The van der Waals surface area contributed by atoms with Crippen LogP contribution in [0.3, 0.4) is 0 Å². The maximum atomic E-state index is 14.6. The Kier molecular flexibility index (Phi) is 18.7. The van der Waals surface area contributed by atoms with Gasteiger partial charge in [-0.2, -0.15) is 15.0 Å². The number of anilines is 12. The van der Waals surface area contributed by atoms with Crippen LogP contribution >= 0.6 is 11.6 Å².